The molecule has 0 radical (unpaired) electrons. The first kappa shape index (κ1) is 12.5. The number of hydrogen-bond acceptors (Lipinski definition) is 2. The fraction of sp³-hybridized carbons (Fsp3) is 0.500. The Kier molecular flexibility index (Phi) is 4.28. The van der Waals surface area contributed by atoms with E-state index in [2.05, 4.69) is 0 Å². The molecular formula is C12H17NO3. The second kappa shape index (κ2) is 5.49. The van der Waals surface area contributed by atoms with Crippen LogP contribution in [0.5, 0.6) is 0 Å². The van der Waals surface area contributed by atoms with Crippen LogP contribution in [0, 0.1) is 5.92 Å². The molecule has 0 bridgehead atoms. The van der Waals surface area contributed by atoms with Crippen LogP contribution in [0.3, 0.4) is 0 Å². The van der Waals surface area contributed by atoms with Crippen molar-refractivity contribution >= 4 is 11.9 Å². The molecule has 16 heavy (non-hydrogen) atoms. The second-order valence-corrected chi connectivity index (χ2v) is 3.97. The van der Waals surface area contributed by atoms with Gasteiger partial charge in [-0.25, -0.2) is 4.79 Å². The van der Waals surface area contributed by atoms with E-state index in [1.807, 2.05) is 19.9 Å². The van der Waals surface area contributed by atoms with Gasteiger partial charge in [0.2, 0.25) is 5.91 Å². The number of carbonyl (C=O) groups excluding carboxylic acids is 1. The molecule has 0 spiro atoms. The van der Waals surface area contributed by atoms with Crippen LogP contribution in [0.1, 0.15) is 20.3 Å². The Morgan fingerprint density at radius 1 is 1.38 bits per heavy atom. The summed E-state index contributed by atoms with van der Waals surface area (Å²) >= 11 is 0. The van der Waals surface area contributed by atoms with Crippen LogP contribution in [-0.2, 0) is 9.59 Å². The van der Waals surface area contributed by atoms with Crippen molar-refractivity contribution in [2.24, 2.45) is 5.92 Å². The van der Waals surface area contributed by atoms with Gasteiger partial charge in [-0.3, -0.25) is 4.79 Å². The summed E-state index contributed by atoms with van der Waals surface area (Å²) in [4.78, 5) is 24.2. The van der Waals surface area contributed by atoms with E-state index in [1.54, 1.807) is 12.2 Å². The topological polar surface area (TPSA) is 57.6 Å². The molecule has 1 aliphatic heterocycles. The zero-order chi connectivity index (χ0) is 12.1. The molecule has 1 saturated heterocycles. The molecule has 1 N–H and O–H groups in total. The Morgan fingerprint density at radius 2 is 2.06 bits per heavy atom. The molecule has 0 saturated carbocycles. The van der Waals surface area contributed by atoms with Crippen molar-refractivity contribution < 1.29 is 14.7 Å². The average molecular weight is 223 g/mol. The fourth-order valence-electron chi connectivity index (χ4n) is 1.92. The highest BCUT2D eigenvalue weighted by atomic mass is 16.4. The van der Waals surface area contributed by atoms with Gasteiger partial charge in [0.1, 0.15) is 6.04 Å². The van der Waals surface area contributed by atoms with E-state index in [0.717, 1.165) is 6.42 Å². The molecule has 1 rings (SSSR count). The lowest BCUT2D eigenvalue weighted by atomic mass is 10.0. The van der Waals surface area contributed by atoms with E-state index >= 15 is 0 Å². The van der Waals surface area contributed by atoms with Crippen LogP contribution < -0.4 is 0 Å². The van der Waals surface area contributed by atoms with Crippen molar-refractivity contribution in [2.45, 2.75) is 26.3 Å². The van der Waals surface area contributed by atoms with E-state index in [9.17, 15) is 9.59 Å². The van der Waals surface area contributed by atoms with Crippen LogP contribution >= 0.6 is 0 Å². The Balaban J connectivity index is 2.72. The van der Waals surface area contributed by atoms with Gasteiger partial charge in [0.15, 0.2) is 0 Å². The van der Waals surface area contributed by atoms with Gasteiger partial charge in [0, 0.05) is 12.6 Å². The Morgan fingerprint density at radius 3 is 2.62 bits per heavy atom. The monoisotopic (exact) mass is 223 g/mol. The normalized spacial score (nSPS) is 25.8. The smallest absolute Gasteiger partial charge is 0.326 e. The van der Waals surface area contributed by atoms with Crippen molar-refractivity contribution in [3.05, 3.63) is 24.3 Å². The van der Waals surface area contributed by atoms with Crippen molar-refractivity contribution in [2.75, 3.05) is 6.54 Å². The van der Waals surface area contributed by atoms with Gasteiger partial charge in [-0.1, -0.05) is 25.2 Å². The molecule has 0 aromatic heterocycles. The highest BCUT2D eigenvalue weighted by Gasteiger charge is 2.38. The zero-order valence-electron chi connectivity index (χ0n) is 9.59. The minimum absolute atomic E-state index is 0.0246. The molecule has 0 aliphatic carbocycles. The first-order chi connectivity index (χ1) is 7.57. The van der Waals surface area contributed by atoms with Gasteiger partial charge in [0.25, 0.3) is 0 Å². The third-order valence-electron chi connectivity index (χ3n) is 2.78. The van der Waals surface area contributed by atoms with Crippen molar-refractivity contribution in [1.82, 2.24) is 4.90 Å². The Hall–Kier alpha value is -1.58. The van der Waals surface area contributed by atoms with Gasteiger partial charge < -0.3 is 10.0 Å². The van der Waals surface area contributed by atoms with Crippen LogP contribution in [0.2, 0.25) is 0 Å². The predicted octanol–water partition coefficient (Wildman–Crippen LogP) is 1.44. The molecule has 4 nitrogen and oxygen atoms in total. The lowest BCUT2D eigenvalue weighted by molar-refractivity contribution is -0.147. The summed E-state index contributed by atoms with van der Waals surface area (Å²) < 4.78 is 0. The summed E-state index contributed by atoms with van der Waals surface area (Å²) in [6.45, 7) is 4.24. The maximum atomic E-state index is 11.7. The van der Waals surface area contributed by atoms with Gasteiger partial charge in [-0.05, 0) is 19.3 Å². The fourth-order valence-corrected chi connectivity index (χ4v) is 1.92. The number of likely N-dealkylation sites (tertiary alicyclic amines) is 1. The van der Waals surface area contributed by atoms with Crippen LogP contribution in [-0.4, -0.2) is 34.5 Å². The second-order valence-electron chi connectivity index (χ2n) is 3.97. The van der Waals surface area contributed by atoms with Gasteiger partial charge in [0.05, 0.1) is 0 Å². The number of hydrogen-bond donors (Lipinski definition) is 1. The van der Waals surface area contributed by atoms with Crippen LogP contribution in [0.4, 0.5) is 0 Å². The molecule has 1 heterocycles. The maximum Gasteiger partial charge on any atom is 0.326 e. The molecule has 0 aromatic carbocycles. The maximum absolute atomic E-state index is 11.7. The number of amides is 1. The number of nitrogens with zero attached hydrogens (tertiary/aromatic N) is 1. The first-order valence-electron chi connectivity index (χ1n) is 5.40. The van der Waals surface area contributed by atoms with E-state index in [1.165, 1.54) is 11.0 Å². The van der Waals surface area contributed by atoms with Crippen LogP contribution in [0.15, 0.2) is 24.3 Å². The third kappa shape index (κ3) is 2.72. The minimum atomic E-state index is -0.919. The molecule has 2 unspecified atom stereocenters. The van der Waals surface area contributed by atoms with Crippen molar-refractivity contribution in [3.63, 3.8) is 0 Å². The lowest BCUT2D eigenvalue weighted by Gasteiger charge is -2.21. The van der Waals surface area contributed by atoms with E-state index in [-0.39, 0.29) is 11.8 Å². The standard InChI is InChI=1S/C12H17NO3/c1-3-4-5-6-10(14)13-8-7-9(2)11(13)12(15)16/h3-6,9,11H,7-8H2,1-2H3,(H,15,16). The number of carboxylic acids is 1. The Labute approximate surface area is 95.2 Å². The summed E-state index contributed by atoms with van der Waals surface area (Å²) in [6, 6.07) is -0.678. The van der Waals surface area contributed by atoms with E-state index in [0.29, 0.717) is 6.54 Å². The average Bonchev–Trinajstić information content (AvgIpc) is 2.60. The third-order valence-corrected chi connectivity index (χ3v) is 2.78. The Bertz CT molecular complexity index is 333. The SMILES string of the molecule is CC=CC=CC(=O)N1CCC(C)C1C(=O)O. The van der Waals surface area contributed by atoms with Gasteiger partial charge in [-0.15, -0.1) is 0 Å². The first-order valence-corrected chi connectivity index (χ1v) is 5.40. The molecule has 1 aliphatic rings. The molecule has 88 valence electrons. The summed E-state index contributed by atoms with van der Waals surface area (Å²) in [5, 5.41) is 9.04. The largest absolute Gasteiger partial charge is 0.480 e. The van der Waals surface area contributed by atoms with E-state index < -0.39 is 12.0 Å². The molecule has 1 amide bonds. The lowest BCUT2D eigenvalue weighted by Crippen LogP contribution is -2.42. The molecular weight excluding hydrogens is 206 g/mol. The van der Waals surface area contributed by atoms with Crippen molar-refractivity contribution in [1.29, 1.82) is 0 Å². The van der Waals surface area contributed by atoms with Gasteiger partial charge in [-0.2, -0.15) is 0 Å². The summed E-state index contributed by atoms with van der Waals surface area (Å²) in [6.07, 6.45) is 7.34. The summed E-state index contributed by atoms with van der Waals surface area (Å²) in [5.41, 5.74) is 0. The number of carbonyl (C=O) groups is 2. The highest BCUT2D eigenvalue weighted by molar-refractivity contribution is 5.92. The molecule has 1 fully saturated rings. The predicted molar refractivity (Wildman–Crippen MR) is 60.9 cm³/mol. The number of aliphatic carboxylic acids is 1. The highest BCUT2D eigenvalue weighted by Crippen LogP contribution is 2.24. The number of allylic oxidation sites excluding steroid dienone is 3. The van der Waals surface area contributed by atoms with Crippen LogP contribution in [0.25, 0.3) is 0 Å². The van der Waals surface area contributed by atoms with E-state index in [4.69, 9.17) is 5.11 Å². The molecule has 2 atom stereocenters. The molecule has 0 aromatic rings. The minimum Gasteiger partial charge on any atom is -0.480 e. The van der Waals surface area contributed by atoms with Gasteiger partial charge >= 0.3 is 5.97 Å². The molecule has 4 heteroatoms. The number of carboxylic acid groups (broad SMARTS) is 1. The van der Waals surface area contributed by atoms with Crippen molar-refractivity contribution in [3.8, 4) is 0 Å². The number of rotatable bonds is 3. The quantitative estimate of drug-likeness (QED) is 0.582. The summed E-state index contributed by atoms with van der Waals surface area (Å²) in [7, 11) is 0. The summed E-state index contributed by atoms with van der Waals surface area (Å²) in [5.74, 6) is -1.12. The zero-order valence-corrected chi connectivity index (χ0v) is 9.59.